The van der Waals surface area contributed by atoms with Crippen LogP contribution in [0.1, 0.15) is 26.3 Å². The van der Waals surface area contributed by atoms with Crippen LogP contribution < -0.4 is 18.9 Å². The molecule has 0 radical (unpaired) electrons. The third-order valence-corrected chi connectivity index (χ3v) is 4.64. The zero-order valence-electron chi connectivity index (χ0n) is 16.7. The molecule has 0 fully saturated rings. The van der Waals surface area contributed by atoms with E-state index in [1.165, 1.54) is 43.5 Å². The van der Waals surface area contributed by atoms with Crippen LogP contribution >= 0.6 is 0 Å². The Morgan fingerprint density at radius 2 is 1.77 bits per heavy atom. The number of carbonyl (C=O) groups excluding carboxylic acids is 2. The Hall–Kier alpha value is -4.13. The molecule has 6 nitrogen and oxygen atoms in total. The number of rotatable bonds is 5. The predicted molar refractivity (Wildman–Crippen MR) is 110 cm³/mol. The summed E-state index contributed by atoms with van der Waals surface area (Å²) in [5.74, 6) is 0.0787. The molecule has 156 valence electrons. The number of benzene rings is 3. The van der Waals surface area contributed by atoms with Gasteiger partial charge in [-0.2, -0.15) is 0 Å². The first kappa shape index (κ1) is 20.2. The summed E-state index contributed by atoms with van der Waals surface area (Å²) in [5.41, 5.74) is 1.01. The van der Waals surface area contributed by atoms with E-state index < -0.39 is 11.8 Å². The average Bonchev–Trinajstić information content (AvgIpc) is 3.08. The van der Waals surface area contributed by atoms with E-state index in [0.29, 0.717) is 22.6 Å². The Balaban J connectivity index is 1.59. The minimum atomic E-state index is -0.722. The number of carbonyl (C=O) groups is 2. The van der Waals surface area contributed by atoms with E-state index in [1.807, 2.05) is 0 Å². The van der Waals surface area contributed by atoms with Crippen LogP contribution in [0.4, 0.5) is 4.39 Å². The minimum absolute atomic E-state index is 0.0724. The quantitative estimate of drug-likeness (QED) is 0.339. The third kappa shape index (κ3) is 4.11. The summed E-state index contributed by atoms with van der Waals surface area (Å²) in [6.45, 7) is 0. The number of fused-ring (bicyclic) bond motifs is 1. The van der Waals surface area contributed by atoms with Crippen molar-refractivity contribution in [1.82, 2.24) is 0 Å². The topological polar surface area (TPSA) is 71.1 Å². The van der Waals surface area contributed by atoms with Crippen molar-refractivity contribution in [2.75, 3.05) is 14.2 Å². The van der Waals surface area contributed by atoms with Gasteiger partial charge in [0.2, 0.25) is 5.78 Å². The van der Waals surface area contributed by atoms with Crippen molar-refractivity contribution in [3.63, 3.8) is 0 Å². The maximum atomic E-state index is 13.3. The van der Waals surface area contributed by atoms with Gasteiger partial charge >= 0.3 is 5.97 Å². The van der Waals surface area contributed by atoms with Crippen molar-refractivity contribution in [2.24, 2.45) is 0 Å². The molecule has 0 aromatic heterocycles. The van der Waals surface area contributed by atoms with Gasteiger partial charge in [0.05, 0.1) is 25.3 Å². The van der Waals surface area contributed by atoms with Gasteiger partial charge in [0, 0.05) is 11.6 Å². The van der Waals surface area contributed by atoms with Crippen LogP contribution in [0.2, 0.25) is 0 Å². The van der Waals surface area contributed by atoms with E-state index in [9.17, 15) is 14.0 Å². The van der Waals surface area contributed by atoms with Crippen LogP contribution in [0.25, 0.3) is 6.08 Å². The van der Waals surface area contributed by atoms with E-state index >= 15 is 0 Å². The van der Waals surface area contributed by atoms with Crippen LogP contribution in [0, 0.1) is 5.82 Å². The number of hydrogen-bond donors (Lipinski definition) is 0. The highest BCUT2D eigenvalue weighted by molar-refractivity contribution is 6.14. The second-order valence-electron chi connectivity index (χ2n) is 6.61. The van der Waals surface area contributed by atoms with Gasteiger partial charge in [-0.05, 0) is 54.6 Å². The zero-order chi connectivity index (χ0) is 22.0. The molecule has 0 atom stereocenters. The van der Waals surface area contributed by atoms with Crippen molar-refractivity contribution in [3.05, 3.63) is 88.9 Å². The van der Waals surface area contributed by atoms with Crippen LogP contribution in [0.3, 0.4) is 0 Å². The molecule has 1 aliphatic rings. The molecule has 31 heavy (non-hydrogen) atoms. The van der Waals surface area contributed by atoms with Crippen LogP contribution in [0.5, 0.6) is 23.0 Å². The van der Waals surface area contributed by atoms with E-state index in [2.05, 4.69) is 0 Å². The highest BCUT2D eigenvalue weighted by Gasteiger charge is 2.28. The van der Waals surface area contributed by atoms with E-state index in [4.69, 9.17) is 18.9 Å². The summed E-state index contributed by atoms with van der Waals surface area (Å²) in [5, 5.41) is 0. The van der Waals surface area contributed by atoms with Crippen molar-refractivity contribution < 1.29 is 32.9 Å². The first-order valence-corrected chi connectivity index (χ1v) is 9.26. The van der Waals surface area contributed by atoms with E-state index in [0.717, 1.165) is 6.07 Å². The molecule has 3 aromatic rings. The molecule has 4 rings (SSSR count). The van der Waals surface area contributed by atoms with Gasteiger partial charge in [-0.1, -0.05) is 6.07 Å². The van der Waals surface area contributed by atoms with Crippen molar-refractivity contribution in [1.29, 1.82) is 0 Å². The Morgan fingerprint density at radius 1 is 0.968 bits per heavy atom. The molecule has 0 saturated heterocycles. The number of halogens is 1. The molecule has 0 N–H and O–H groups in total. The summed E-state index contributed by atoms with van der Waals surface area (Å²) < 4.78 is 34.9. The standard InChI is InChI=1S/C24H17FO6/c1-28-17-7-9-20(29-2)15(11-17)12-22-23(26)19-8-6-18(13-21(19)31-22)30-24(27)14-4-3-5-16(25)10-14/h3-13H,1-2H3/b22-12-. The average molecular weight is 420 g/mol. The SMILES string of the molecule is COc1ccc(OC)c(/C=C2\Oc3cc(OC(=O)c4cccc(F)c4)ccc3C2=O)c1. The molecule has 0 saturated carbocycles. The van der Waals surface area contributed by atoms with Crippen molar-refractivity contribution in [3.8, 4) is 23.0 Å². The Kier molecular flexibility index (Phi) is 5.41. The number of esters is 1. The smallest absolute Gasteiger partial charge is 0.343 e. The lowest BCUT2D eigenvalue weighted by Gasteiger charge is -2.08. The Labute approximate surface area is 177 Å². The molecular weight excluding hydrogens is 403 g/mol. The van der Waals surface area contributed by atoms with Crippen molar-refractivity contribution in [2.45, 2.75) is 0 Å². The fraction of sp³-hybridized carbons (Fsp3) is 0.0833. The lowest BCUT2D eigenvalue weighted by atomic mass is 10.1. The van der Waals surface area contributed by atoms with Crippen LogP contribution in [-0.4, -0.2) is 26.0 Å². The molecule has 0 aliphatic carbocycles. The number of ketones is 1. The molecule has 0 spiro atoms. The third-order valence-electron chi connectivity index (χ3n) is 4.64. The highest BCUT2D eigenvalue weighted by Crippen LogP contribution is 2.36. The summed E-state index contributed by atoms with van der Waals surface area (Å²) >= 11 is 0. The van der Waals surface area contributed by atoms with Gasteiger partial charge in [0.15, 0.2) is 5.76 Å². The second-order valence-corrected chi connectivity index (χ2v) is 6.61. The number of methoxy groups -OCH3 is 2. The predicted octanol–water partition coefficient (Wildman–Crippen LogP) is 4.68. The molecule has 0 amide bonds. The lowest BCUT2D eigenvalue weighted by molar-refractivity contribution is 0.0734. The van der Waals surface area contributed by atoms with E-state index in [-0.39, 0.29) is 28.6 Å². The zero-order valence-corrected chi connectivity index (χ0v) is 16.7. The van der Waals surface area contributed by atoms with Crippen LogP contribution in [0.15, 0.2) is 66.4 Å². The van der Waals surface area contributed by atoms with Crippen molar-refractivity contribution >= 4 is 17.8 Å². The fourth-order valence-corrected chi connectivity index (χ4v) is 3.11. The second kappa shape index (κ2) is 8.31. The molecule has 0 bridgehead atoms. The summed E-state index contributed by atoms with van der Waals surface area (Å²) in [6.07, 6.45) is 1.56. The van der Waals surface area contributed by atoms with Gasteiger partial charge in [-0.25, -0.2) is 9.18 Å². The maximum Gasteiger partial charge on any atom is 0.343 e. The van der Waals surface area contributed by atoms with E-state index in [1.54, 1.807) is 31.4 Å². The fourth-order valence-electron chi connectivity index (χ4n) is 3.11. The maximum absolute atomic E-state index is 13.3. The monoisotopic (exact) mass is 420 g/mol. The van der Waals surface area contributed by atoms with Gasteiger partial charge in [0.1, 0.15) is 28.8 Å². The summed E-state index contributed by atoms with van der Waals surface area (Å²) in [7, 11) is 3.06. The molecule has 3 aromatic carbocycles. The normalized spacial score (nSPS) is 13.5. The molecule has 0 unspecified atom stereocenters. The lowest BCUT2D eigenvalue weighted by Crippen LogP contribution is -2.08. The largest absolute Gasteiger partial charge is 0.497 e. The summed E-state index contributed by atoms with van der Waals surface area (Å²) in [4.78, 5) is 25.0. The van der Waals surface area contributed by atoms with Gasteiger partial charge < -0.3 is 18.9 Å². The number of hydrogen-bond acceptors (Lipinski definition) is 6. The first-order chi connectivity index (χ1) is 15.0. The number of allylic oxidation sites excluding steroid dienone is 1. The Morgan fingerprint density at radius 3 is 2.52 bits per heavy atom. The Bertz CT molecular complexity index is 1210. The van der Waals surface area contributed by atoms with Gasteiger partial charge in [0.25, 0.3) is 0 Å². The molecule has 1 heterocycles. The molecule has 7 heteroatoms. The van der Waals surface area contributed by atoms with Crippen LogP contribution in [-0.2, 0) is 0 Å². The van der Waals surface area contributed by atoms with Gasteiger partial charge in [-0.15, -0.1) is 0 Å². The number of ether oxygens (including phenoxy) is 4. The summed E-state index contributed by atoms with van der Waals surface area (Å²) in [6, 6.07) is 14.8. The van der Waals surface area contributed by atoms with Gasteiger partial charge in [-0.3, -0.25) is 4.79 Å². The number of Topliss-reactive ketones (excluding diaryl/α,β-unsaturated/α-hetero) is 1. The highest BCUT2D eigenvalue weighted by atomic mass is 19.1. The first-order valence-electron chi connectivity index (χ1n) is 9.26. The minimum Gasteiger partial charge on any atom is -0.497 e. The molecule has 1 aliphatic heterocycles. The molecular formula is C24H17FO6.